The number of aromatic nitrogens is 2. The molecule has 0 bridgehead atoms. The van der Waals surface area contributed by atoms with Crippen LogP contribution in [0.15, 0.2) is 54.7 Å². The lowest BCUT2D eigenvalue weighted by molar-refractivity contribution is 0.0922. The number of rotatable bonds is 5. The van der Waals surface area contributed by atoms with Gasteiger partial charge in [-0.05, 0) is 55.5 Å². The molecule has 5 rings (SSSR count). The second kappa shape index (κ2) is 9.90. The van der Waals surface area contributed by atoms with E-state index in [9.17, 15) is 10.1 Å². The highest BCUT2D eigenvalue weighted by Gasteiger charge is 2.37. The van der Waals surface area contributed by atoms with Crippen LogP contribution in [0.1, 0.15) is 66.7 Å². The van der Waals surface area contributed by atoms with E-state index in [-0.39, 0.29) is 11.9 Å². The third-order valence-electron chi connectivity index (χ3n) is 7.45. The van der Waals surface area contributed by atoms with Crippen LogP contribution in [0.3, 0.4) is 0 Å². The van der Waals surface area contributed by atoms with Crippen LogP contribution in [0.5, 0.6) is 0 Å². The van der Waals surface area contributed by atoms with E-state index in [1.165, 1.54) is 19.3 Å². The fraction of sp³-hybridized carbons (Fsp3) is 0.429. The quantitative estimate of drug-likeness (QED) is 0.603. The van der Waals surface area contributed by atoms with Crippen molar-refractivity contribution in [3.05, 3.63) is 71.7 Å². The number of nitrogens with zero attached hydrogens (tertiary/aromatic N) is 4. The monoisotopic (exact) mass is 453 g/mol. The SMILES string of the molecule is N#CC1(c2ccccn2)CCN(Cc2cc(C(=O)NC3CCCCC3)nc3ccccc23)CC1. The average molecular weight is 454 g/mol. The van der Waals surface area contributed by atoms with E-state index in [2.05, 4.69) is 32.3 Å². The number of benzene rings is 1. The number of carbonyl (C=O) groups is 1. The summed E-state index contributed by atoms with van der Waals surface area (Å²) < 4.78 is 0. The molecule has 1 amide bonds. The van der Waals surface area contributed by atoms with Gasteiger partial charge in [0.25, 0.3) is 5.91 Å². The van der Waals surface area contributed by atoms with Gasteiger partial charge >= 0.3 is 0 Å². The van der Waals surface area contributed by atoms with Crippen LogP contribution in [0, 0.1) is 11.3 Å². The molecule has 174 valence electrons. The van der Waals surface area contributed by atoms with Gasteiger partial charge in [0.2, 0.25) is 0 Å². The van der Waals surface area contributed by atoms with E-state index in [0.29, 0.717) is 5.69 Å². The average Bonchev–Trinajstić information content (AvgIpc) is 2.90. The Labute approximate surface area is 201 Å². The first-order chi connectivity index (χ1) is 16.7. The van der Waals surface area contributed by atoms with Crippen LogP contribution in [0.25, 0.3) is 10.9 Å². The second-order valence-electron chi connectivity index (χ2n) is 9.68. The van der Waals surface area contributed by atoms with Crippen LogP contribution < -0.4 is 5.32 Å². The van der Waals surface area contributed by atoms with Gasteiger partial charge in [0, 0.05) is 37.3 Å². The van der Waals surface area contributed by atoms with Crippen molar-refractivity contribution in [2.75, 3.05) is 13.1 Å². The highest BCUT2D eigenvalue weighted by Crippen LogP contribution is 2.34. The highest BCUT2D eigenvalue weighted by molar-refractivity contribution is 5.96. The molecular weight excluding hydrogens is 422 g/mol. The third kappa shape index (κ3) is 4.67. The molecule has 6 nitrogen and oxygen atoms in total. The van der Waals surface area contributed by atoms with Gasteiger partial charge in [-0.3, -0.25) is 14.7 Å². The Morgan fingerprint density at radius 2 is 1.85 bits per heavy atom. The second-order valence-corrected chi connectivity index (χ2v) is 9.68. The zero-order valence-corrected chi connectivity index (χ0v) is 19.5. The maximum Gasteiger partial charge on any atom is 0.270 e. The van der Waals surface area contributed by atoms with Gasteiger partial charge in [0.05, 0.1) is 17.3 Å². The first-order valence-corrected chi connectivity index (χ1v) is 12.4. The van der Waals surface area contributed by atoms with Crippen LogP contribution in [0.4, 0.5) is 0 Å². The number of hydrogen-bond donors (Lipinski definition) is 1. The number of nitriles is 1. The summed E-state index contributed by atoms with van der Waals surface area (Å²) in [6, 6.07) is 18.6. The molecule has 1 aliphatic carbocycles. The maximum absolute atomic E-state index is 13.1. The smallest absolute Gasteiger partial charge is 0.270 e. The first-order valence-electron chi connectivity index (χ1n) is 12.4. The molecule has 2 aromatic heterocycles. The molecule has 1 aliphatic heterocycles. The van der Waals surface area contributed by atoms with E-state index in [0.717, 1.165) is 67.5 Å². The number of fused-ring (bicyclic) bond motifs is 1. The van der Waals surface area contributed by atoms with Crippen molar-refractivity contribution in [1.82, 2.24) is 20.2 Å². The normalized spacial score (nSPS) is 18.9. The molecule has 3 aromatic rings. The number of para-hydroxylation sites is 1. The molecule has 1 N–H and O–H groups in total. The van der Waals surface area contributed by atoms with Gasteiger partial charge in [-0.25, -0.2) is 4.98 Å². The zero-order chi connectivity index (χ0) is 23.4. The topological polar surface area (TPSA) is 81.9 Å². The summed E-state index contributed by atoms with van der Waals surface area (Å²) >= 11 is 0. The summed E-state index contributed by atoms with van der Waals surface area (Å²) in [6.07, 6.45) is 8.99. The van der Waals surface area contributed by atoms with Crippen LogP contribution in [0.2, 0.25) is 0 Å². The van der Waals surface area contributed by atoms with Crippen molar-refractivity contribution in [1.29, 1.82) is 5.26 Å². The summed E-state index contributed by atoms with van der Waals surface area (Å²) in [6.45, 7) is 2.35. The molecule has 2 aliphatic rings. The summed E-state index contributed by atoms with van der Waals surface area (Å²) in [5, 5.41) is 14.3. The Balaban J connectivity index is 1.34. The number of likely N-dealkylation sites (tertiary alicyclic amines) is 1. The summed E-state index contributed by atoms with van der Waals surface area (Å²) in [5.74, 6) is -0.0730. The van der Waals surface area contributed by atoms with Crippen LogP contribution in [-0.2, 0) is 12.0 Å². The standard InChI is InChI=1S/C28H31N5O/c29-20-28(26-12-6-7-15-30-26)13-16-33(17-14-28)19-21-18-25(32-24-11-5-4-10-23(21)24)27(34)31-22-8-2-1-3-9-22/h4-7,10-12,15,18,22H,1-3,8-9,13-14,16-17,19H2,(H,31,34). The predicted octanol–water partition coefficient (Wildman–Crippen LogP) is 4.75. The van der Waals surface area contributed by atoms with E-state index in [1.54, 1.807) is 6.20 Å². The third-order valence-corrected chi connectivity index (χ3v) is 7.45. The van der Waals surface area contributed by atoms with E-state index >= 15 is 0 Å². The predicted molar refractivity (Wildman–Crippen MR) is 132 cm³/mol. The number of carbonyl (C=O) groups excluding carboxylic acids is 1. The van der Waals surface area contributed by atoms with Crippen molar-refractivity contribution in [2.45, 2.75) is 62.9 Å². The molecule has 1 aromatic carbocycles. The lowest BCUT2D eigenvalue weighted by Crippen LogP contribution is -2.42. The summed E-state index contributed by atoms with van der Waals surface area (Å²) in [7, 11) is 0. The summed E-state index contributed by atoms with van der Waals surface area (Å²) in [4.78, 5) is 24.6. The Hall–Kier alpha value is -3.30. The first kappa shape index (κ1) is 22.5. The van der Waals surface area contributed by atoms with Gasteiger partial charge < -0.3 is 5.32 Å². The minimum atomic E-state index is -0.525. The van der Waals surface area contributed by atoms with Gasteiger partial charge in [-0.15, -0.1) is 0 Å². The number of piperidine rings is 1. The molecule has 2 fully saturated rings. The van der Waals surface area contributed by atoms with E-state index in [4.69, 9.17) is 0 Å². The van der Waals surface area contributed by atoms with E-state index < -0.39 is 5.41 Å². The minimum absolute atomic E-state index is 0.0730. The van der Waals surface area contributed by atoms with Crippen molar-refractivity contribution in [3.63, 3.8) is 0 Å². The lowest BCUT2D eigenvalue weighted by Gasteiger charge is -2.37. The fourth-order valence-electron chi connectivity index (χ4n) is 5.41. The lowest BCUT2D eigenvalue weighted by atomic mass is 9.76. The number of pyridine rings is 2. The Morgan fingerprint density at radius 1 is 1.09 bits per heavy atom. The minimum Gasteiger partial charge on any atom is -0.348 e. The Morgan fingerprint density at radius 3 is 2.59 bits per heavy atom. The van der Waals surface area contributed by atoms with Crippen molar-refractivity contribution < 1.29 is 4.79 Å². The van der Waals surface area contributed by atoms with Gasteiger partial charge in [-0.2, -0.15) is 5.26 Å². The largest absolute Gasteiger partial charge is 0.348 e. The molecule has 1 saturated heterocycles. The van der Waals surface area contributed by atoms with Crippen LogP contribution in [-0.4, -0.2) is 39.9 Å². The van der Waals surface area contributed by atoms with Gasteiger partial charge in [-0.1, -0.05) is 43.5 Å². The highest BCUT2D eigenvalue weighted by atomic mass is 16.1. The molecule has 1 saturated carbocycles. The zero-order valence-electron chi connectivity index (χ0n) is 19.5. The number of amides is 1. The molecule has 6 heteroatoms. The van der Waals surface area contributed by atoms with Crippen molar-refractivity contribution >= 4 is 16.8 Å². The molecule has 0 spiro atoms. The number of hydrogen-bond acceptors (Lipinski definition) is 5. The Kier molecular flexibility index (Phi) is 6.55. The van der Waals surface area contributed by atoms with Crippen molar-refractivity contribution in [2.24, 2.45) is 0 Å². The molecule has 34 heavy (non-hydrogen) atoms. The maximum atomic E-state index is 13.1. The fourth-order valence-corrected chi connectivity index (χ4v) is 5.41. The molecule has 0 radical (unpaired) electrons. The molecule has 3 heterocycles. The van der Waals surface area contributed by atoms with Gasteiger partial charge in [0.15, 0.2) is 0 Å². The number of nitrogens with one attached hydrogen (secondary N) is 1. The van der Waals surface area contributed by atoms with Gasteiger partial charge in [0.1, 0.15) is 11.1 Å². The molecule has 0 unspecified atom stereocenters. The van der Waals surface area contributed by atoms with Crippen LogP contribution >= 0.6 is 0 Å². The van der Waals surface area contributed by atoms with E-state index in [1.807, 2.05) is 42.5 Å². The summed E-state index contributed by atoms with van der Waals surface area (Å²) in [5.41, 5.74) is 2.81. The molecular formula is C28H31N5O. The van der Waals surface area contributed by atoms with Crippen molar-refractivity contribution in [3.8, 4) is 6.07 Å². The Bertz CT molecular complexity index is 1190. The molecule has 0 atom stereocenters.